The summed E-state index contributed by atoms with van der Waals surface area (Å²) in [5.41, 5.74) is 0. The summed E-state index contributed by atoms with van der Waals surface area (Å²) < 4.78 is 23.7. The van der Waals surface area contributed by atoms with Gasteiger partial charge in [0.25, 0.3) is 0 Å². The average Bonchev–Trinajstić information content (AvgIpc) is 3.35. The minimum absolute atomic E-state index is 0.0651. The Morgan fingerprint density at radius 2 is 0.726 bits per heavy atom. The van der Waals surface area contributed by atoms with E-state index in [1.165, 1.54) is 289 Å². The Balaban J connectivity index is 3.90. The van der Waals surface area contributed by atoms with Gasteiger partial charge in [-0.2, -0.15) is 0 Å². The van der Waals surface area contributed by atoms with Gasteiger partial charge >= 0.3 is 7.82 Å². The van der Waals surface area contributed by atoms with Crippen LogP contribution in [0.1, 0.15) is 341 Å². The Morgan fingerprint density at radius 3 is 1.01 bits per heavy atom. The van der Waals surface area contributed by atoms with E-state index in [1.807, 2.05) is 27.2 Å². The third-order valence-corrected chi connectivity index (χ3v) is 16.2. The first kappa shape index (κ1) is 72.2. The zero-order chi connectivity index (χ0) is 53.5. The Labute approximate surface area is 456 Å². The monoisotopic (exact) mass is 1050 g/mol. The molecule has 0 radical (unpaired) electrons. The van der Waals surface area contributed by atoms with Crippen molar-refractivity contribution in [3.05, 3.63) is 12.2 Å². The SMILES string of the molecule is CCCCCCCCCCCCCCC/C=C/C(O)C(COP(=O)(O)OCC[N+](C)(C)C)NC(=O)CCCCCCCCCCCCCCCCCCCCCCCCCCCCCCCCCCCCCC. The molecule has 0 bridgehead atoms. The molecule has 73 heavy (non-hydrogen) atoms. The lowest BCUT2D eigenvalue weighted by Gasteiger charge is -2.25. The van der Waals surface area contributed by atoms with E-state index in [0.29, 0.717) is 17.4 Å². The van der Waals surface area contributed by atoms with E-state index >= 15 is 0 Å². The third-order valence-electron chi connectivity index (χ3n) is 15.3. The van der Waals surface area contributed by atoms with Gasteiger partial charge in [-0.05, 0) is 19.3 Å². The van der Waals surface area contributed by atoms with Crippen LogP contribution >= 0.6 is 7.82 Å². The zero-order valence-corrected chi connectivity index (χ0v) is 50.8. The molecule has 0 aromatic heterocycles. The number of nitrogens with zero attached hydrogens (tertiary/aromatic N) is 1. The van der Waals surface area contributed by atoms with Gasteiger partial charge in [-0.1, -0.05) is 328 Å². The highest BCUT2D eigenvalue weighted by Gasteiger charge is 2.28. The number of phosphoric acid groups is 1. The molecule has 0 aromatic rings. The highest BCUT2D eigenvalue weighted by molar-refractivity contribution is 7.47. The number of unbranched alkanes of at least 4 members (excludes halogenated alkanes) is 48. The van der Waals surface area contributed by atoms with Crippen molar-refractivity contribution in [2.45, 2.75) is 353 Å². The van der Waals surface area contributed by atoms with Crippen LogP contribution in [0.15, 0.2) is 12.2 Å². The summed E-state index contributed by atoms with van der Waals surface area (Å²) in [5.74, 6) is -0.169. The molecular weight excluding hydrogens is 924 g/mol. The van der Waals surface area contributed by atoms with Gasteiger partial charge in [0, 0.05) is 6.42 Å². The smallest absolute Gasteiger partial charge is 0.387 e. The van der Waals surface area contributed by atoms with E-state index in [1.54, 1.807) is 6.08 Å². The highest BCUT2D eigenvalue weighted by atomic mass is 31.2. The van der Waals surface area contributed by atoms with Crippen LogP contribution in [-0.4, -0.2) is 73.4 Å². The molecule has 9 heteroatoms. The number of hydrogen-bond donors (Lipinski definition) is 3. The second-order valence-corrected chi connectivity index (χ2v) is 25.3. The van der Waals surface area contributed by atoms with Crippen molar-refractivity contribution in [3.63, 3.8) is 0 Å². The van der Waals surface area contributed by atoms with E-state index in [4.69, 9.17) is 9.05 Å². The number of amides is 1. The lowest BCUT2D eigenvalue weighted by molar-refractivity contribution is -0.870. The van der Waals surface area contributed by atoms with Gasteiger partial charge in [0.15, 0.2) is 0 Å². The number of aliphatic hydroxyl groups excluding tert-OH is 1. The van der Waals surface area contributed by atoms with E-state index in [-0.39, 0.29) is 19.1 Å². The molecule has 0 heterocycles. The molecule has 0 fully saturated rings. The maximum atomic E-state index is 13.0. The van der Waals surface area contributed by atoms with Crippen molar-refractivity contribution in [2.24, 2.45) is 0 Å². The van der Waals surface area contributed by atoms with Crippen LogP contribution in [0.4, 0.5) is 0 Å². The van der Waals surface area contributed by atoms with Crippen LogP contribution < -0.4 is 5.32 Å². The van der Waals surface area contributed by atoms with Crippen molar-refractivity contribution in [2.75, 3.05) is 40.9 Å². The number of carbonyl (C=O) groups is 1. The van der Waals surface area contributed by atoms with Crippen molar-refractivity contribution in [3.8, 4) is 0 Å². The van der Waals surface area contributed by atoms with Gasteiger partial charge in [-0.3, -0.25) is 13.8 Å². The predicted molar refractivity (Wildman–Crippen MR) is 319 cm³/mol. The van der Waals surface area contributed by atoms with Gasteiger partial charge < -0.3 is 19.8 Å². The molecule has 8 nitrogen and oxygen atoms in total. The molecule has 0 aliphatic rings. The second kappa shape index (κ2) is 56.0. The molecule has 3 N–H and O–H groups in total. The fourth-order valence-corrected chi connectivity index (χ4v) is 10.9. The summed E-state index contributed by atoms with van der Waals surface area (Å²) in [5, 5.41) is 13.9. The zero-order valence-electron chi connectivity index (χ0n) is 49.9. The molecular formula is C64H130N2O6P+. The van der Waals surface area contributed by atoms with Crippen molar-refractivity contribution in [1.82, 2.24) is 5.32 Å². The largest absolute Gasteiger partial charge is 0.472 e. The average molecular weight is 1050 g/mol. The summed E-state index contributed by atoms with van der Waals surface area (Å²) >= 11 is 0. The first-order valence-corrected chi connectivity index (χ1v) is 34.1. The summed E-state index contributed by atoms with van der Waals surface area (Å²) in [4.78, 5) is 23.3. The molecule has 0 spiro atoms. The van der Waals surface area contributed by atoms with Crippen molar-refractivity contribution < 1.29 is 32.9 Å². The first-order valence-electron chi connectivity index (χ1n) is 32.6. The standard InChI is InChI=1S/C64H129N2O6P/c1-6-8-10-12-14-16-18-20-22-23-24-25-26-27-28-29-30-31-32-33-34-35-36-37-38-39-40-41-42-44-46-48-50-52-54-56-58-64(68)65-62(61-72-73(69,70)71-60-59-66(3,4)5)63(67)57-55-53-51-49-47-45-43-21-19-17-15-13-11-9-7-2/h55,57,62-63,67H,6-54,56,58-61H2,1-5H3,(H-,65,68,69,70)/p+1/b57-55+. The molecule has 0 saturated heterocycles. The molecule has 0 rings (SSSR count). The molecule has 3 atom stereocenters. The lowest BCUT2D eigenvalue weighted by atomic mass is 10.0. The Morgan fingerprint density at radius 1 is 0.452 bits per heavy atom. The minimum Gasteiger partial charge on any atom is -0.387 e. The van der Waals surface area contributed by atoms with Crippen molar-refractivity contribution >= 4 is 13.7 Å². The third kappa shape index (κ3) is 58.8. The van der Waals surface area contributed by atoms with E-state index in [2.05, 4.69) is 19.2 Å². The first-order chi connectivity index (χ1) is 35.5. The molecule has 0 aliphatic heterocycles. The van der Waals surface area contributed by atoms with E-state index < -0.39 is 20.0 Å². The Bertz CT molecular complexity index is 1200. The topological polar surface area (TPSA) is 105 Å². The van der Waals surface area contributed by atoms with Crippen LogP contribution in [0, 0.1) is 0 Å². The summed E-state index contributed by atoms with van der Waals surface area (Å²) in [7, 11) is 1.59. The normalized spacial score (nSPS) is 13.8. The fraction of sp³-hybridized carbons (Fsp3) is 0.953. The minimum atomic E-state index is -4.34. The molecule has 1 amide bonds. The van der Waals surface area contributed by atoms with Gasteiger partial charge in [0.2, 0.25) is 5.91 Å². The van der Waals surface area contributed by atoms with Crippen LogP contribution in [0.25, 0.3) is 0 Å². The number of allylic oxidation sites excluding steroid dienone is 1. The summed E-state index contributed by atoms with van der Waals surface area (Å²) in [6.45, 7) is 4.87. The van der Waals surface area contributed by atoms with Gasteiger partial charge in [-0.25, -0.2) is 4.57 Å². The predicted octanol–water partition coefficient (Wildman–Crippen LogP) is 20.2. The lowest BCUT2D eigenvalue weighted by Crippen LogP contribution is -2.45. The Hall–Kier alpha value is -0.760. The molecule has 436 valence electrons. The van der Waals surface area contributed by atoms with Gasteiger partial charge in [0.05, 0.1) is 39.9 Å². The molecule has 3 unspecified atom stereocenters. The summed E-state index contributed by atoms with van der Waals surface area (Å²) in [6.07, 6.45) is 70.7. The van der Waals surface area contributed by atoms with Gasteiger partial charge in [-0.15, -0.1) is 0 Å². The maximum absolute atomic E-state index is 13.0. The highest BCUT2D eigenvalue weighted by Crippen LogP contribution is 2.43. The molecule has 0 aromatic carbocycles. The van der Waals surface area contributed by atoms with Crippen LogP contribution in [0.3, 0.4) is 0 Å². The second-order valence-electron chi connectivity index (χ2n) is 23.9. The number of hydrogen-bond acceptors (Lipinski definition) is 5. The number of nitrogens with one attached hydrogen (secondary N) is 1. The molecule has 0 aliphatic carbocycles. The maximum Gasteiger partial charge on any atom is 0.472 e. The molecule has 0 saturated carbocycles. The Kier molecular flexibility index (Phi) is 55.4. The van der Waals surface area contributed by atoms with Crippen LogP contribution in [0.5, 0.6) is 0 Å². The van der Waals surface area contributed by atoms with Crippen LogP contribution in [-0.2, 0) is 18.4 Å². The number of carbonyl (C=O) groups excluding carboxylic acids is 1. The number of aliphatic hydroxyl groups is 1. The number of phosphoric ester groups is 1. The number of rotatable bonds is 61. The van der Waals surface area contributed by atoms with Crippen molar-refractivity contribution in [1.29, 1.82) is 0 Å². The van der Waals surface area contributed by atoms with Gasteiger partial charge in [0.1, 0.15) is 13.2 Å². The number of quaternary nitrogens is 1. The van der Waals surface area contributed by atoms with E-state index in [0.717, 1.165) is 32.1 Å². The number of likely N-dealkylation sites (N-methyl/N-ethyl adjacent to an activating group) is 1. The fourth-order valence-electron chi connectivity index (χ4n) is 10.2. The quantitative estimate of drug-likeness (QED) is 0.0243. The summed E-state index contributed by atoms with van der Waals surface area (Å²) in [6, 6.07) is -0.842. The van der Waals surface area contributed by atoms with Crippen LogP contribution in [0.2, 0.25) is 0 Å². The van der Waals surface area contributed by atoms with E-state index in [9.17, 15) is 19.4 Å².